The van der Waals surface area contributed by atoms with E-state index in [0.29, 0.717) is 18.2 Å². The third-order valence-corrected chi connectivity index (χ3v) is 4.09. The largest absolute Gasteiger partial charge is 0.389 e. The molecule has 2 rings (SSSR count). The molecule has 1 aliphatic rings. The maximum Gasteiger partial charge on any atom is 0.0897 e. The van der Waals surface area contributed by atoms with E-state index in [1.54, 1.807) is 0 Å². The number of benzene rings is 1. The molecule has 1 aromatic carbocycles. The third kappa shape index (κ3) is 5.57. The molecule has 0 aliphatic carbocycles. The maximum atomic E-state index is 9.93. The van der Waals surface area contributed by atoms with Crippen LogP contribution in [0.4, 0.5) is 0 Å². The molecule has 2 N–H and O–H groups in total. The fraction of sp³-hybridized carbons (Fsp3) is 0.625. The van der Waals surface area contributed by atoms with Crippen LogP contribution in [0.1, 0.15) is 25.3 Å². The minimum atomic E-state index is -0.531. The first-order valence-electron chi connectivity index (χ1n) is 7.51. The van der Waals surface area contributed by atoms with Gasteiger partial charge in [0.15, 0.2) is 0 Å². The van der Waals surface area contributed by atoms with E-state index in [4.69, 9.17) is 21.1 Å². The predicted molar refractivity (Wildman–Crippen MR) is 83.6 cm³/mol. The minimum absolute atomic E-state index is 0.255. The molecular formula is C16H24ClNO3. The van der Waals surface area contributed by atoms with Gasteiger partial charge in [-0.05, 0) is 31.4 Å². The lowest BCUT2D eigenvalue weighted by molar-refractivity contribution is 0.0225. The fourth-order valence-corrected chi connectivity index (χ4v) is 2.62. The summed E-state index contributed by atoms with van der Waals surface area (Å²) in [5, 5.41) is 13.9. The van der Waals surface area contributed by atoms with Gasteiger partial charge in [-0.1, -0.05) is 29.8 Å². The van der Waals surface area contributed by atoms with Gasteiger partial charge in [-0.3, -0.25) is 0 Å². The van der Waals surface area contributed by atoms with E-state index in [2.05, 4.69) is 12.2 Å². The second-order valence-electron chi connectivity index (χ2n) is 5.51. The van der Waals surface area contributed by atoms with Crippen molar-refractivity contribution in [3.05, 3.63) is 34.9 Å². The lowest BCUT2D eigenvalue weighted by atomic mass is 10.1. The average molecular weight is 314 g/mol. The number of rotatable bonds is 8. The Hall–Kier alpha value is -0.650. The highest BCUT2D eigenvalue weighted by atomic mass is 35.5. The van der Waals surface area contributed by atoms with E-state index in [1.807, 2.05) is 24.3 Å². The Bertz CT molecular complexity index is 424. The summed E-state index contributed by atoms with van der Waals surface area (Å²) in [5.41, 5.74) is 0.937. The van der Waals surface area contributed by atoms with Crippen molar-refractivity contribution in [2.75, 3.05) is 19.8 Å². The second-order valence-corrected chi connectivity index (χ2v) is 5.92. The van der Waals surface area contributed by atoms with Gasteiger partial charge in [0.25, 0.3) is 0 Å². The SMILES string of the molecule is CC(NCC(O)COCc1ccccc1Cl)C1CCCO1. The standard InChI is InChI=1S/C16H24ClNO3/c1-12(16-7-4-8-21-16)18-9-14(19)11-20-10-13-5-2-3-6-15(13)17/h2-3,5-6,12,14,16,18-19H,4,7-11H2,1H3. The Balaban J connectivity index is 1.61. The zero-order chi connectivity index (χ0) is 15.1. The molecule has 0 saturated carbocycles. The van der Waals surface area contributed by atoms with Crippen LogP contribution in [-0.4, -0.2) is 43.1 Å². The number of halogens is 1. The van der Waals surface area contributed by atoms with Gasteiger partial charge >= 0.3 is 0 Å². The van der Waals surface area contributed by atoms with Crippen LogP contribution >= 0.6 is 11.6 Å². The number of aliphatic hydroxyl groups excluding tert-OH is 1. The van der Waals surface area contributed by atoms with E-state index in [0.717, 1.165) is 25.0 Å². The van der Waals surface area contributed by atoms with Crippen LogP contribution in [0.3, 0.4) is 0 Å². The van der Waals surface area contributed by atoms with Gasteiger partial charge in [0.05, 0.1) is 25.4 Å². The molecule has 0 spiro atoms. The Morgan fingerprint density at radius 1 is 1.48 bits per heavy atom. The topological polar surface area (TPSA) is 50.7 Å². The molecule has 1 aliphatic heterocycles. The lowest BCUT2D eigenvalue weighted by Gasteiger charge is -2.21. The van der Waals surface area contributed by atoms with E-state index in [9.17, 15) is 5.11 Å². The molecule has 3 unspecified atom stereocenters. The van der Waals surface area contributed by atoms with Crippen LogP contribution < -0.4 is 5.32 Å². The Morgan fingerprint density at radius 3 is 3.00 bits per heavy atom. The predicted octanol–water partition coefficient (Wildman–Crippen LogP) is 2.37. The molecule has 118 valence electrons. The number of aliphatic hydroxyl groups is 1. The summed E-state index contributed by atoms with van der Waals surface area (Å²) in [5.74, 6) is 0. The molecule has 0 amide bonds. The van der Waals surface area contributed by atoms with Gasteiger partial charge in [-0.2, -0.15) is 0 Å². The first kappa shape index (κ1) is 16.7. The molecule has 21 heavy (non-hydrogen) atoms. The number of nitrogens with one attached hydrogen (secondary N) is 1. The summed E-state index contributed by atoms with van der Waals surface area (Å²) < 4.78 is 11.1. The zero-order valence-electron chi connectivity index (χ0n) is 12.4. The molecule has 0 radical (unpaired) electrons. The van der Waals surface area contributed by atoms with Gasteiger partial charge in [0, 0.05) is 24.2 Å². The summed E-state index contributed by atoms with van der Waals surface area (Å²) in [6.45, 7) is 4.14. The Labute approximate surface area is 131 Å². The van der Waals surface area contributed by atoms with Gasteiger partial charge in [-0.15, -0.1) is 0 Å². The zero-order valence-corrected chi connectivity index (χ0v) is 13.2. The molecule has 1 heterocycles. The summed E-state index contributed by atoms with van der Waals surface area (Å²) in [7, 11) is 0. The van der Waals surface area contributed by atoms with E-state index >= 15 is 0 Å². The maximum absolute atomic E-state index is 9.93. The van der Waals surface area contributed by atoms with Crippen molar-refractivity contribution in [1.29, 1.82) is 0 Å². The number of hydrogen-bond acceptors (Lipinski definition) is 4. The molecular weight excluding hydrogens is 290 g/mol. The third-order valence-electron chi connectivity index (χ3n) is 3.72. The molecule has 4 nitrogen and oxygen atoms in total. The van der Waals surface area contributed by atoms with Crippen molar-refractivity contribution in [3.63, 3.8) is 0 Å². The van der Waals surface area contributed by atoms with Gasteiger partial charge in [0.1, 0.15) is 0 Å². The van der Waals surface area contributed by atoms with Crippen LogP contribution in [0.25, 0.3) is 0 Å². The molecule has 0 aromatic heterocycles. The summed E-state index contributed by atoms with van der Waals surface area (Å²) >= 11 is 6.05. The Morgan fingerprint density at radius 2 is 2.29 bits per heavy atom. The molecule has 5 heteroatoms. The minimum Gasteiger partial charge on any atom is -0.389 e. The average Bonchev–Trinajstić information content (AvgIpc) is 3.01. The fourth-order valence-electron chi connectivity index (χ4n) is 2.43. The summed E-state index contributed by atoms with van der Waals surface area (Å²) in [4.78, 5) is 0. The highest BCUT2D eigenvalue weighted by Gasteiger charge is 2.22. The van der Waals surface area contributed by atoms with Crippen LogP contribution in [0, 0.1) is 0 Å². The van der Waals surface area contributed by atoms with Crippen molar-refractivity contribution < 1.29 is 14.6 Å². The summed E-state index contributed by atoms with van der Waals surface area (Å²) in [6, 6.07) is 7.82. The first-order chi connectivity index (χ1) is 10.2. The monoisotopic (exact) mass is 313 g/mol. The van der Waals surface area contributed by atoms with Crippen molar-refractivity contribution in [2.24, 2.45) is 0 Å². The number of hydrogen-bond donors (Lipinski definition) is 2. The van der Waals surface area contributed by atoms with E-state index < -0.39 is 6.10 Å². The smallest absolute Gasteiger partial charge is 0.0897 e. The van der Waals surface area contributed by atoms with Gasteiger partial charge in [0.2, 0.25) is 0 Å². The molecule has 0 bridgehead atoms. The van der Waals surface area contributed by atoms with Crippen LogP contribution in [0.15, 0.2) is 24.3 Å². The normalized spacial score (nSPS) is 21.4. The molecule has 1 fully saturated rings. The first-order valence-corrected chi connectivity index (χ1v) is 7.89. The highest BCUT2D eigenvalue weighted by Crippen LogP contribution is 2.16. The molecule has 1 aromatic rings. The molecule has 3 atom stereocenters. The second kappa shape index (κ2) is 8.71. The van der Waals surface area contributed by atoms with Crippen molar-refractivity contribution in [1.82, 2.24) is 5.32 Å². The summed E-state index contributed by atoms with van der Waals surface area (Å²) in [6.07, 6.45) is 1.95. The lowest BCUT2D eigenvalue weighted by Crippen LogP contribution is -2.42. The Kier molecular flexibility index (Phi) is 6.93. The van der Waals surface area contributed by atoms with Crippen molar-refractivity contribution >= 4 is 11.6 Å². The van der Waals surface area contributed by atoms with Crippen LogP contribution in [0.5, 0.6) is 0 Å². The van der Waals surface area contributed by atoms with Crippen molar-refractivity contribution in [2.45, 2.75) is 44.6 Å². The van der Waals surface area contributed by atoms with Crippen molar-refractivity contribution in [3.8, 4) is 0 Å². The van der Waals surface area contributed by atoms with E-state index in [-0.39, 0.29) is 18.8 Å². The number of ether oxygens (including phenoxy) is 2. The van der Waals surface area contributed by atoms with Gasteiger partial charge in [-0.25, -0.2) is 0 Å². The highest BCUT2D eigenvalue weighted by molar-refractivity contribution is 6.31. The van der Waals surface area contributed by atoms with Crippen LogP contribution in [-0.2, 0) is 16.1 Å². The molecule has 1 saturated heterocycles. The van der Waals surface area contributed by atoms with E-state index in [1.165, 1.54) is 0 Å². The van der Waals surface area contributed by atoms with Crippen LogP contribution in [0.2, 0.25) is 5.02 Å². The quantitative estimate of drug-likeness (QED) is 0.773. The van der Waals surface area contributed by atoms with Gasteiger partial charge < -0.3 is 19.9 Å².